The summed E-state index contributed by atoms with van der Waals surface area (Å²) in [5.74, 6) is -1.87. The van der Waals surface area contributed by atoms with E-state index in [1.165, 1.54) is 12.1 Å². The number of rotatable bonds is 3. The molecule has 0 heterocycles. The number of ether oxygens (including phenoxy) is 1. The van der Waals surface area contributed by atoms with Crippen LogP contribution in [0.25, 0.3) is 0 Å². The molecule has 4 heteroatoms. The SMILES string of the molecule is Fc1c(I)ccc(OCc2ccccc2)c1F. The Morgan fingerprint density at radius 3 is 2.35 bits per heavy atom. The maximum atomic E-state index is 13.5. The van der Waals surface area contributed by atoms with Gasteiger partial charge in [0, 0.05) is 0 Å². The Balaban J connectivity index is 2.13. The van der Waals surface area contributed by atoms with Gasteiger partial charge in [0.05, 0.1) is 3.57 Å². The first-order chi connectivity index (χ1) is 8.18. The van der Waals surface area contributed by atoms with Gasteiger partial charge in [-0.25, -0.2) is 4.39 Å². The van der Waals surface area contributed by atoms with E-state index >= 15 is 0 Å². The van der Waals surface area contributed by atoms with E-state index in [2.05, 4.69) is 0 Å². The van der Waals surface area contributed by atoms with Crippen LogP contribution in [0.5, 0.6) is 5.75 Å². The van der Waals surface area contributed by atoms with Gasteiger partial charge in [-0.05, 0) is 40.3 Å². The van der Waals surface area contributed by atoms with E-state index in [-0.39, 0.29) is 15.9 Å². The highest BCUT2D eigenvalue weighted by Gasteiger charge is 2.12. The Morgan fingerprint density at radius 2 is 1.65 bits per heavy atom. The van der Waals surface area contributed by atoms with E-state index in [9.17, 15) is 8.78 Å². The fourth-order valence-corrected chi connectivity index (χ4v) is 1.77. The van der Waals surface area contributed by atoms with E-state index in [4.69, 9.17) is 4.74 Å². The van der Waals surface area contributed by atoms with Gasteiger partial charge < -0.3 is 4.74 Å². The third-order valence-electron chi connectivity index (χ3n) is 2.24. The van der Waals surface area contributed by atoms with Gasteiger partial charge in [0.2, 0.25) is 5.82 Å². The van der Waals surface area contributed by atoms with Crippen molar-refractivity contribution in [2.75, 3.05) is 0 Å². The molecule has 0 saturated carbocycles. The minimum Gasteiger partial charge on any atom is -0.486 e. The van der Waals surface area contributed by atoms with Crippen molar-refractivity contribution in [1.29, 1.82) is 0 Å². The molecule has 2 aromatic rings. The van der Waals surface area contributed by atoms with Gasteiger partial charge in [-0.1, -0.05) is 30.3 Å². The second kappa shape index (κ2) is 5.44. The maximum absolute atomic E-state index is 13.5. The monoisotopic (exact) mass is 346 g/mol. The summed E-state index contributed by atoms with van der Waals surface area (Å²) in [6, 6.07) is 12.3. The van der Waals surface area contributed by atoms with Crippen molar-refractivity contribution in [3.05, 3.63) is 63.2 Å². The predicted molar refractivity (Wildman–Crippen MR) is 69.8 cm³/mol. The molecule has 1 nitrogen and oxygen atoms in total. The molecule has 0 aromatic heterocycles. The van der Waals surface area contributed by atoms with Crippen molar-refractivity contribution < 1.29 is 13.5 Å². The lowest BCUT2D eigenvalue weighted by molar-refractivity contribution is 0.284. The highest BCUT2D eigenvalue weighted by atomic mass is 127. The summed E-state index contributed by atoms with van der Waals surface area (Å²) in [5, 5.41) is 0. The Bertz CT molecular complexity index is 514. The molecule has 0 aliphatic rings. The average Bonchev–Trinajstić information content (AvgIpc) is 2.36. The first-order valence-corrected chi connectivity index (χ1v) is 6.06. The first kappa shape index (κ1) is 12.3. The number of hydrogen-bond acceptors (Lipinski definition) is 1. The van der Waals surface area contributed by atoms with Crippen molar-refractivity contribution in [1.82, 2.24) is 0 Å². The molecular weight excluding hydrogens is 337 g/mol. The minimum absolute atomic E-state index is 0.0632. The fourth-order valence-electron chi connectivity index (χ4n) is 1.35. The van der Waals surface area contributed by atoms with Crippen molar-refractivity contribution in [2.24, 2.45) is 0 Å². The van der Waals surface area contributed by atoms with E-state index in [0.717, 1.165) is 5.56 Å². The van der Waals surface area contributed by atoms with Crippen LogP contribution in [-0.2, 0) is 6.61 Å². The van der Waals surface area contributed by atoms with Crippen molar-refractivity contribution in [3.8, 4) is 5.75 Å². The molecular formula is C13H9F2IO. The normalized spacial score (nSPS) is 10.3. The largest absolute Gasteiger partial charge is 0.486 e. The highest BCUT2D eigenvalue weighted by Crippen LogP contribution is 2.24. The van der Waals surface area contributed by atoms with Gasteiger partial charge in [-0.15, -0.1) is 0 Å². The molecule has 0 amide bonds. The van der Waals surface area contributed by atoms with E-state index in [1.807, 2.05) is 30.3 Å². The van der Waals surface area contributed by atoms with E-state index < -0.39 is 11.6 Å². The lowest BCUT2D eigenvalue weighted by Gasteiger charge is -2.08. The summed E-state index contributed by atoms with van der Waals surface area (Å²) in [6.07, 6.45) is 0. The molecule has 0 bridgehead atoms. The maximum Gasteiger partial charge on any atom is 0.201 e. The molecule has 0 N–H and O–H groups in total. The lowest BCUT2D eigenvalue weighted by atomic mass is 10.2. The number of hydrogen-bond donors (Lipinski definition) is 0. The molecule has 0 saturated heterocycles. The van der Waals surface area contributed by atoms with Gasteiger partial charge in [0.1, 0.15) is 6.61 Å². The molecule has 0 aliphatic carbocycles. The van der Waals surface area contributed by atoms with Crippen LogP contribution in [0.15, 0.2) is 42.5 Å². The van der Waals surface area contributed by atoms with E-state index in [1.54, 1.807) is 22.6 Å². The molecule has 0 atom stereocenters. The van der Waals surface area contributed by atoms with Gasteiger partial charge in [0.15, 0.2) is 11.6 Å². The van der Waals surface area contributed by atoms with Crippen LogP contribution in [0, 0.1) is 15.2 Å². The zero-order valence-corrected chi connectivity index (χ0v) is 10.9. The van der Waals surface area contributed by atoms with Crippen LogP contribution in [0.4, 0.5) is 8.78 Å². The summed E-state index contributed by atoms with van der Waals surface area (Å²) in [6.45, 7) is 0.220. The topological polar surface area (TPSA) is 9.23 Å². The number of benzene rings is 2. The van der Waals surface area contributed by atoms with Crippen LogP contribution in [0.1, 0.15) is 5.56 Å². The summed E-state index contributed by atoms with van der Waals surface area (Å²) in [7, 11) is 0. The van der Waals surface area contributed by atoms with Crippen LogP contribution in [0.3, 0.4) is 0 Å². The fraction of sp³-hybridized carbons (Fsp3) is 0.0769. The van der Waals surface area contributed by atoms with E-state index in [0.29, 0.717) is 0 Å². The first-order valence-electron chi connectivity index (χ1n) is 4.98. The van der Waals surface area contributed by atoms with Gasteiger partial charge >= 0.3 is 0 Å². The van der Waals surface area contributed by atoms with Gasteiger partial charge in [-0.2, -0.15) is 4.39 Å². The quantitative estimate of drug-likeness (QED) is 0.599. The zero-order valence-electron chi connectivity index (χ0n) is 8.79. The molecule has 0 unspecified atom stereocenters. The minimum atomic E-state index is -0.937. The second-order valence-electron chi connectivity index (χ2n) is 3.45. The third-order valence-corrected chi connectivity index (χ3v) is 3.07. The molecule has 0 spiro atoms. The van der Waals surface area contributed by atoms with Crippen LogP contribution in [0.2, 0.25) is 0 Å². The van der Waals surface area contributed by atoms with Crippen LogP contribution < -0.4 is 4.74 Å². The highest BCUT2D eigenvalue weighted by molar-refractivity contribution is 14.1. The number of halogens is 3. The predicted octanol–water partition coefficient (Wildman–Crippen LogP) is 4.15. The van der Waals surface area contributed by atoms with Gasteiger partial charge in [-0.3, -0.25) is 0 Å². The standard InChI is InChI=1S/C13H9F2IO/c14-12-10(16)6-7-11(13(12)15)17-8-9-4-2-1-3-5-9/h1-7H,8H2. The summed E-state index contributed by atoms with van der Waals surface area (Å²) >= 11 is 1.74. The van der Waals surface area contributed by atoms with Crippen molar-refractivity contribution >= 4 is 22.6 Å². The van der Waals surface area contributed by atoms with Crippen LogP contribution in [-0.4, -0.2) is 0 Å². The molecule has 88 valence electrons. The summed E-state index contributed by atoms with van der Waals surface area (Å²) in [5.41, 5.74) is 0.908. The lowest BCUT2D eigenvalue weighted by Crippen LogP contribution is -1.99. The summed E-state index contributed by atoms with van der Waals surface area (Å²) in [4.78, 5) is 0. The van der Waals surface area contributed by atoms with Gasteiger partial charge in [0.25, 0.3) is 0 Å². The molecule has 0 radical (unpaired) electrons. The zero-order chi connectivity index (χ0) is 12.3. The Labute approximate surface area is 112 Å². The Kier molecular flexibility index (Phi) is 3.93. The smallest absolute Gasteiger partial charge is 0.201 e. The second-order valence-corrected chi connectivity index (χ2v) is 4.61. The molecule has 17 heavy (non-hydrogen) atoms. The van der Waals surface area contributed by atoms with Crippen LogP contribution >= 0.6 is 22.6 Å². The van der Waals surface area contributed by atoms with Crippen molar-refractivity contribution in [2.45, 2.75) is 6.61 Å². The summed E-state index contributed by atoms with van der Waals surface area (Å²) < 4.78 is 32.2. The third kappa shape index (κ3) is 2.94. The molecule has 2 rings (SSSR count). The van der Waals surface area contributed by atoms with Crippen molar-refractivity contribution in [3.63, 3.8) is 0 Å². The molecule has 0 fully saturated rings. The Morgan fingerprint density at radius 1 is 0.941 bits per heavy atom. The average molecular weight is 346 g/mol. The Hall–Kier alpha value is -1.17. The molecule has 0 aliphatic heterocycles. The molecule has 2 aromatic carbocycles.